The fourth-order valence-electron chi connectivity index (χ4n) is 11.9. The Morgan fingerprint density at radius 1 is 0.216 bits per heavy atom. The Morgan fingerprint density at radius 3 is 0.986 bits per heavy atom. The lowest BCUT2D eigenvalue weighted by Gasteiger charge is -2.29. The zero-order valence-electron chi connectivity index (χ0n) is 40.1. The monoisotopic (exact) mass is 976 g/mol. The molecule has 0 fully saturated rings. The van der Waals surface area contributed by atoms with E-state index in [1.165, 1.54) is 107 Å². The number of anilines is 6. The molecule has 2 aromatic heterocycles. The van der Waals surface area contributed by atoms with Crippen molar-refractivity contribution in [2.75, 3.05) is 9.80 Å². The summed E-state index contributed by atoms with van der Waals surface area (Å²) in [6.45, 7) is 0. The Hall–Kier alpha value is -9.06. The summed E-state index contributed by atoms with van der Waals surface area (Å²) in [6, 6.07) is 94.6. The minimum absolute atomic E-state index is 1.09. The van der Waals surface area contributed by atoms with Gasteiger partial charge in [-0.3, -0.25) is 0 Å². The molecule has 0 aliphatic carbocycles. The number of rotatable bonds is 8. The van der Waals surface area contributed by atoms with E-state index in [4.69, 9.17) is 0 Å². The zero-order valence-corrected chi connectivity index (χ0v) is 41.7. The number of thiophene rings is 2. The summed E-state index contributed by atoms with van der Waals surface area (Å²) in [5.41, 5.74) is 9.19. The van der Waals surface area contributed by atoms with E-state index in [1.54, 1.807) is 0 Å². The molecule has 15 rings (SSSR count). The number of hydrogen-bond donors (Lipinski definition) is 0. The van der Waals surface area contributed by atoms with Crippen LogP contribution in [0.4, 0.5) is 34.1 Å². The van der Waals surface area contributed by atoms with E-state index in [2.05, 4.69) is 275 Å². The highest BCUT2D eigenvalue weighted by Gasteiger charge is 2.25. The molecule has 346 valence electrons. The second-order valence-electron chi connectivity index (χ2n) is 19.2. The van der Waals surface area contributed by atoms with Crippen LogP contribution in [-0.2, 0) is 0 Å². The van der Waals surface area contributed by atoms with Crippen molar-refractivity contribution in [1.82, 2.24) is 0 Å². The Morgan fingerprint density at radius 2 is 0.568 bits per heavy atom. The van der Waals surface area contributed by atoms with Crippen LogP contribution in [0.2, 0.25) is 0 Å². The number of nitrogens with zero attached hydrogens (tertiary/aromatic N) is 2. The molecule has 0 radical (unpaired) electrons. The van der Waals surface area contributed by atoms with E-state index in [9.17, 15) is 0 Å². The van der Waals surface area contributed by atoms with E-state index in [-0.39, 0.29) is 0 Å². The summed E-state index contributed by atoms with van der Waals surface area (Å²) >= 11 is 3.62. The van der Waals surface area contributed by atoms with Crippen LogP contribution in [0.3, 0.4) is 0 Å². The smallest absolute Gasteiger partial charge is 0.0546 e. The SMILES string of the molecule is c1ccc(N(c2ccc3c(-c4cccs4)c(-c4cccs4)c4ccc(N(c5ccccc5)c5cc6c7ccccc7ccc6c6ccccc56)cc4c3c2)c2cc3c4ccccc4ccc3c3ccccc23)cc1. The van der Waals surface area contributed by atoms with Gasteiger partial charge in [0.1, 0.15) is 0 Å². The molecule has 4 heteroatoms. The van der Waals surface area contributed by atoms with Crippen molar-refractivity contribution in [1.29, 1.82) is 0 Å². The molecule has 0 unspecified atom stereocenters. The normalized spacial score (nSPS) is 11.8. The van der Waals surface area contributed by atoms with E-state index < -0.39 is 0 Å². The first-order chi connectivity index (χ1) is 36.7. The van der Waals surface area contributed by atoms with Crippen LogP contribution in [0, 0.1) is 0 Å². The van der Waals surface area contributed by atoms with Gasteiger partial charge in [-0.1, -0.05) is 182 Å². The van der Waals surface area contributed by atoms with Crippen LogP contribution in [-0.4, -0.2) is 0 Å². The molecule has 0 amide bonds. The Kier molecular flexibility index (Phi) is 9.97. The molecule has 15 aromatic rings. The Bertz CT molecular complexity index is 4360. The lowest BCUT2D eigenvalue weighted by molar-refractivity contribution is 1.31. The second kappa shape index (κ2) is 17.3. The van der Waals surface area contributed by atoms with Crippen molar-refractivity contribution in [3.63, 3.8) is 0 Å². The van der Waals surface area contributed by atoms with Gasteiger partial charge in [0.2, 0.25) is 0 Å². The molecule has 0 atom stereocenters. The van der Waals surface area contributed by atoms with Crippen LogP contribution in [0.5, 0.6) is 0 Å². The highest BCUT2D eigenvalue weighted by atomic mass is 32.1. The van der Waals surface area contributed by atoms with Gasteiger partial charge in [0.25, 0.3) is 0 Å². The molecule has 0 aliphatic rings. The van der Waals surface area contributed by atoms with Crippen molar-refractivity contribution < 1.29 is 0 Å². The molecule has 2 heterocycles. The Balaban J connectivity index is 1.05. The van der Waals surface area contributed by atoms with Gasteiger partial charge in [0.05, 0.1) is 11.4 Å². The minimum atomic E-state index is 1.09. The average Bonchev–Trinajstić information content (AvgIpc) is 4.23. The predicted molar refractivity (Wildman–Crippen MR) is 322 cm³/mol. The van der Waals surface area contributed by atoms with Gasteiger partial charge in [-0.25, -0.2) is 0 Å². The molecule has 0 aliphatic heterocycles. The maximum atomic E-state index is 2.48. The first kappa shape index (κ1) is 42.6. The lowest BCUT2D eigenvalue weighted by atomic mass is 9.89. The standard InChI is InChI=1S/C70H44N2S2/c1-3-19-47(20-4-1)71(65-43-63-51-23-9-7-17-45(51)31-35-55(63)53-25-11-13-27-57(53)65)49-33-37-59-61(41-49)62-42-50(34-38-60(62)70(68-30-16-40-74-68)69(59)67-29-15-39-73-67)72(48-21-5-2-6-22-48)66-44-64-52-24-10-8-18-46(52)32-36-56(64)54-26-12-14-28-58(54)66/h1-44H. The molecule has 0 spiro atoms. The van der Waals surface area contributed by atoms with E-state index in [0.717, 1.165) is 34.1 Å². The molecule has 0 saturated carbocycles. The molecule has 13 aromatic carbocycles. The largest absolute Gasteiger partial charge is 0.310 e. The topological polar surface area (TPSA) is 6.48 Å². The van der Waals surface area contributed by atoms with Gasteiger partial charge in [0, 0.05) is 54.4 Å². The van der Waals surface area contributed by atoms with Crippen LogP contribution in [0.25, 0.3) is 107 Å². The Labute approximate surface area is 436 Å². The molecular weight excluding hydrogens is 933 g/mol. The maximum absolute atomic E-state index is 2.48. The highest BCUT2D eigenvalue weighted by Crippen LogP contribution is 2.52. The quantitative estimate of drug-likeness (QED) is 0.140. The highest BCUT2D eigenvalue weighted by molar-refractivity contribution is 7.14. The van der Waals surface area contributed by atoms with Gasteiger partial charge in [-0.15, -0.1) is 22.7 Å². The van der Waals surface area contributed by atoms with Gasteiger partial charge in [-0.2, -0.15) is 0 Å². The van der Waals surface area contributed by atoms with E-state index >= 15 is 0 Å². The summed E-state index contributed by atoms with van der Waals surface area (Å²) in [5.74, 6) is 0. The third-order valence-electron chi connectivity index (χ3n) is 15.1. The van der Waals surface area contributed by atoms with Crippen LogP contribution in [0.15, 0.2) is 266 Å². The lowest BCUT2D eigenvalue weighted by Crippen LogP contribution is -2.11. The molecule has 0 N–H and O–H groups in total. The van der Waals surface area contributed by atoms with Crippen molar-refractivity contribution in [2.24, 2.45) is 0 Å². The van der Waals surface area contributed by atoms with Crippen LogP contribution >= 0.6 is 22.7 Å². The van der Waals surface area contributed by atoms with Gasteiger partial charge >= 0.3 is 0 Å². The van der Waals surface area contributed by atoms with Gasteiger partial charge in [0.15, 0.2) is 0 Å². The van der Waals surface area contributed by atoms with Crippen LogP contribution < -0.4 is 9.80 Å². The number of benzene rings is 13. The van der Waals surface area contributed by atoms with Crippen molar-refractivity contribution in [3.8, 4) is 20.9 Å². The number of fused-ring (bicyclic) bond motifs is 13. The van der Waals surface area contributed by atoms with Crippen molar-refractivity contribution in [3.05, 3.63) is 266 Å². The summed E-state index contributed by atoms with van der Waals surface area (Å²) < 4.78 is 0. The summed E-state index contributed by atoms with van der Waals surface area (Å²) in [5, 5.41) is 24.1. The molecule has 0 saturated heterocycles. The average molecular weight is 977 g/mol. The summed E-state index contributed by atoms with van der Waals surface area (Å²) in [6.07, 6.45) is 0. The third-order valence-corrected chi connectivity index (χ3v) is 16.9. The first-order valence-electron chi connectivity index (χ1n) is 25.2. The summed E-state index contributed by atoms with van der Waals surface area (Å²) in [4.78, 5) is 7.48. The fourth-order valence-corrected chi connectivity index (χ4v) is 13.5. The van der Waals surface area contributed by atoms with Crippen LogP contribution in [0.1, 0.15) is 0 Å². The van der Waals surface area contributed by atoms with Crippen molar-refractivity contribution >= 4 is 143 Å². The van der Waals surface area contributed by atoms with Crippen molar-refractivity contribution in [2.45, 2.75) is 0 Å². The number of para-hydroxylation sites is 2. The van der Waals surface area contributed by atoms with Gasteiger partial charge in [-0.05, 0) is 159 Å². The molecule has 74 heavy (non-hydrogen) atoms. The fraction of sp³-hybridized carbons (Fsp3) is 0. The van der Waals surface area contributed by atoms with E-state index in [0.29, 0.717) is 0 Å². The predicted octanol–water partition coefficient (Wildman–Crippen LogP) is 21.3. The minimum Gasteiger partial charge on any atom is -0.310 e. The molecular formula is C70H44N2S2. The van der Waals surface area contributed by atoms with E-state index in [1.807, 2.05) is 22.7 Å². The zero-order chi connectivity index (χ0) is 48.7. The molecule has 2 nitrogen and oxygen atoms in total. The second-order valence-corrected chi connectivity index (χ2v) is 21.0. The van der Waals surface area contributed by atoms with Gasteiger partial charge < -0.3 is 9.80 Å². The summed E-state index contributed by atoms with van der Waals surface area (Å²) in [7, 11) is 0. The third kappa shape index (κ3) is 6.76. The first-order valence-corrected chi connectivity index (χ1v) is 27.0. The molecule has 0 bridgehead atoms. The number of hydrogen-bond acceptors (Lipinski definition) is 4. The maximum Gasteiger partial charge on any atom is 0.0546 e.